The van der Waals surface area contributed by atoms with Gasteiger partial charge < -0.3 is 20.0 Å². The number of aliphatic carboxylic acids is 1. The zero-order chi connectivity index (χ0) is 13.5. The van der Waals surface area contributed by atoms with Crippen LogP contribution in [0.15, 0.2) is 36.4 Å². The molecule has 0 aromatic heterocycles. The molecule has 0 atom stereocenters. The third kappa shape index (κ3) is 5.06. The Hall–Kier alpha value is -2.44. The van der Waals surface area contributed by atoms with Gasteiger partial charge >= 0.3 is 6.61 Å². The molecule has 0 radical (unpaired) electrons. The lowest BCUT2D eigenvalue weighted by molar-refractivity contribution is -0.297. The molecule has 0 saturated carbocycles. The minimum atomic E-state index is -2.92. The SMILES string of the molecule is O=C([O-])C=CC(=O)Nc1ccc(OC(F)F)cc1. The van der Waals surface area contributed by atoms with E-state index < -0.39 is 18.5 Å². The van der Waals surface area contributed by atoms with E-state index in [1.54, 1.807) is 0 Å². The van der Waals surface area contributed by atoms with Crippen molar-refractivity contribution in [2.24, 2.45) is 0 Å². The first-order valence-electron chi connectivity index (χ1n) is 4.72. The lowest BCUT2D eigenvalue weighted by atomic mass is 10.3. The number of ether oxygens (including phenoxy) is 1. The number of hydrogen-bond donors (Lipinski definition) is 1. The fourth-order valence-electron chi connectivity index (χ4n) is 1.05. The maximum atomic E-state index is 11.8. The van der Waals surface area contributed by atoms with Crippen LogP contribution in [-0.2, 0) is 9.59 Å². The molecule has 1 rings (SSSR count). The maximum absolute atomic E-state index is 11.8. The number of amides is 1. The summed E-state index contributed by atoms with van der Waals surface area (Å²) in [6.45, 7) is -2.92. The number of rotatable bonds is 5. The summed E-state index contributed by atoms with van der Waals surface area (Å²) in [6.07, 6.45) is 1.35. The number of carboxylic acids is 1. The highest BCUT2D eigenvalue weighted by Crippen LogP contribution is 2.17. The summed E-state index contributed by atoms with van der Waals surface area (Å²) in [4.78, 5) is 21.2. The van der Waals surface area contributed by atoms with E-state index in [9.17, 15) is 23.5 Å². The Bertz CT molecular complexity index is 457. The monoisotopic (exact) mass is 256 g/mol. The Morgan fingerprint density at radius 2 is 1.83 bits per heavy atom. The second-order valence-corrected chi connectivity index (χ2v) is 3.04. The van der Waals surface area contributed by atoms with E-state index in [2.05, 4.69) is 10.1 Å². The van der Waals surface area contributed by atoms with Crippen molar-refractivity contribution in [3.05, 3.63) is 36.4 Å². The summed E-state index contributed by atoms with van der Waals surface area (Å²) in [5.41, 5.74) is 0.310. The molecule has 0 saturated heterocycles. The van der Waals surface area contributed by atoms with Gasteiger partial charge in [-0.05, 0) is 30.3 Å². The summed E-state index contributed by atoms with van der Waals surface area (Å²) < 4.78 is 27.8. The van der Waals surface area contributed by atoms with Crippen LogP contribution in [0.2, 0.25) is 0 Å². The Morgan fingerprint density at radius 1 is 1.22 bits per heavy atom. The molecule has 1 N–H and O–H groups in total. The van der Waals surface area contributed by atoms with Crippen molar-refractivity contribution < 1.29 is 28.2 Å². The molecule has 0 spiro atoms. The van der Waals surface area contributed by atoms with Crippen LogP contribution in [0.1, 0.15) is 0 Å². The largest absolute Gasteiger partial charge is 0.545 e. The van der Waals surface area contributed by atoms with Crippen LogP contribution >= 0.6 is 0 Å². The maximum Gasteiger partial charge on any atom is 0.387 e. The standard InChI is InChI=1S/C11H9F2NO4/c12-11(13)18-8-3-1-7(2-4-8)14-9(15)5-6-10(16)17/h1-6,11H,(H,14,15)(H,16,17)/p-1. The van der Waals surface area contributed by atoms with Gasteiger partial charge in [-0.3, -0.25) is 4.79 Å². The normalized spacial score (nSPS) is 10.6. The van der Waals surface area contributed by atoms with E-state index >= 15 is 0 Å². The Balaban J connectivity index is 2.58. The molecular formula is C11H8F2NO4-. The van der Waals surface area contributed by atoms with E-state index in [0.29, 0.717) is 11.8 Å². The van der Waals surface area contributed by atoms with Gasteiger partial charge in [0.05, 0.1) is 5.97 Å². The molecule has 5 nitrogen and oxygen atoms in total. The van der Waals surface area contributed by atoms with Crippen LogP contribution in [0.3, 0.4) is 0 Å². The van der Waals surface area contributed by atoms with Gasteiger partial charge in [-0.1, -0.05) is 0 Å². The molecule has 0 aliphatic rings. The molecule has 0 fully saturated rings. The average Bonchev–Trinajstić information content (AvgIpc) is 2.28. The first-order chi connectivity index (χ1) is 8.47. The fraction of sp³-hybridized carbons (Fsp3) is 0.0909. The topological polar surface area (TPSA) is 78.5 Å². The summed E-state index contributed by atoms with van der Waals surface area (Å²) >= 11 is 0. The molecule has 1 amide bonds. The lowest BCUT2D eigenvalue weighted by Gasteiger charge is -2.06. The van der Waals surface area contributed by atoms with Crippen molar-refractivity contribution in [3.63, 3.8) is 0 Å². The van der Waals surface area contributed by atoms with Gasteiger partial charge in [0.2, 0.25) is 5.91 Å². The molecule has 1 aromatic rings. The smallest absolute Gasteiger partial charge is 0.387 e. The van der Waals surface area contributed by atoms with Gasteiger partial charge in [0.15, 0.2) is 0 Å². The first-order valence-corrected chi connectivity index (χ1v) is 4.72. The second kappa shape index (κ2) is 6.33. The summed E-state index contributed by atoms with van der Waals surface area (Å²) in [6, 6.07) is 5.15. The van der Waals surface area contributed by atoms with Crippen LogP contribution in [0.25, 0.3) is 0 Å². The molecular weight excluding hydrogens is 248 g/mol. The van der Waals surface area contributed by atoms with E-state index in [-0.39, 0.29) is 5.75 Å². The predicted octanol–water partition coefficient (Wildman–Crippen LogP) is 0.533. The van der Waals surface area contributed by atoms with Gasteiger partial charge in [-0.15, -0.1) is 0 Å². The van der Waals surface area contributed by atoms with E-state index in [1.807, 2.05) is 0 Å². The van der Waals surface area contributed by atoms with Crippen molar-refractivity contribution in [1.82, 2.24) is 0 Å². The van der Waals surface area contributed by atoms with Crippen molar-refractivity contribution in [3.8, 4) is 5.75 Å². The molecule has 18 heavy (non-hydrogen) atoms. The zero-order valence-corrected chi connectivity index (χ0v) is 8.93. The minimum absolute atomic E-state index is 0.0479. The molecule has 1 aromatic carbocycles. The summed E-state index contributed by atoms with van der Waals surface area (Å²) in [5, 5.41) is 12.4. The van der Waals surface area contributed by atoms with Gasteiger partial charge in [0.25, 0.3) is 0 Å². The Morgan fingerprint density at radius 3 is 2.33 bits per heavy atom. The van der Waals surface area contributed by atoms with Crippen molar-refractivity contribution in [2.45, 2.75) is 6.61 Å². The Kier molecular flexibility index (Phi) is 4.79. The van der Waals surface area contributed by atoms with Crippen LogP contribution in [0.5, 0.6) is 5.75 Å². The highest BCUT2D eigenvalue weighted by molar-refractivity contribution is 6.02. The highest BCUT2D eigenvalue weighted by atomic mass is 19.3. The van der Waals surface area contributed by atoms with E-state index in [1.165, 1.54) is 24.3 Å². The zero-order valence-electron chi connectivity index (χ0n) is 8.93. The van der Waals surface area contributed by atoms with E-state index in [4.69, 9.17) is 0 Å². The molecule has 0 unspecified atom stereocenters. The molecule has 0 bridgehead atoms. The number of hydrogen-bond acceptors (Lipinski definition) is 4. The predicted molar refractivity (Wildman–Crippen MR) is 55.9 cm³/mol. The van der Waals surface area contributed by atoms with Crippen molar-refractivity contribution >= 4 is 17.6 Å². The Labute approximate surface area is 101 Å². The van der Waals surface area contributed by atoms with Gasteiger partial charge in [-0.2, -0.15) is 8.78 Å². The number of carbonyl (C=O) groups excluding carboxylic acids is 2. The number of nitrogens with one attached hydrogen (secondary N) is 1. The summed E-state index contributed by atoms with van der Waals surface area (Å²) in [7, 11) is 0. The third-order valence-corrected chi connectivity index (χ3v) is 1.72. The van der Waals surface area contributed by atoms with E-state index in [0.717, 1.165) is 6.08 Å². The molecule has 0 heterocycles. The number of carboxylic acid groups (broad SMARTS) is 1. The third-order valence-electron chi connectivity index (χ3n) is 1.72. The number of alkyl halides is 2. The highest BCUT2D eigenvalue weighted by Gasteiger charge is 2.04. The second-order valence-electron chi connectivity index (χ2n) is 3.04. The van der Waals surface area contributed by atoms with Crippen molar-refractivity contribution in [2.75, 3.05) is 5.32 Å². The van der Waals surface area contributed by atoms with Crippen LogP contribution in [-0.4, -0.2) is 18.5 Å². The first kappa shape index (κ1) is 13.6. The quantitative estimate of drug-likeness (QED) is 0.779. The number of anilines is 1. The molecule has 7 heteroatoms. The minimum Gasteiger partial charge on any atom is -0.545 e. The van der Waals surface area contributed by atoms with Crippen LogP contribution < -0.4 is 15.2 Å². The average molecular weight is 256 g/mol. The summed E-state index contributed by atoms with van der Waals surface area (Å²) in [5.74, 6) is -2.22. The lowest BCUT2D eigenvalue weighted by Crippen LogP contribution is -2.20. The van der Waals surface area contributed by atoms with Gasteiger partial charge in [0, 0.05) is 11.8 Å². The number of halogens is 2. The van der Waals surface area contributed by atoms with Gasteiger partial charge in [0.1, 0.15) is 5.75 Å². The van der Waals surface area contributed by atoms with Crippen molar-refractivity contribution in [1.29, 1.82) is 0 Å². The molecule has 96 valence electrons. The van der Waals surface area contributed by atoms with Gasteiger partial charge in [-0.25, -0.2) is 0 Å². The molecule has 0 aliphatic carbocycles. The fourth-order valence-corrected chi connectivity index (χ4v) is 1.05. The number of carbonyl (C=O) groups is 2. The van der Waals surface area contributed by atoms with Crippen LogP contribution in [0, 0.1) is 0 Å². The van der Waals surface area contributed by atoms with Crippen LogP contribution in [0.4, 0.5) is 14.5 Å². The number of benzene rings is 1. The molecule has 0 aliphatic heterocycles.